The predicted octanol–water partition coefficient (Wildman–Crippen LogP) is 2.81. The Morgan fingerprint density at radius 2 is 1.76 bits per heavy atom. The molecule has 1 fully saturated rings. The summed E-state index contributed by atoms with van der Waals surface area (Å²) in [4.78, 5) is 23.6. The van der Waals surface area contributed by atoms with Crippen LogP contribution in [0.1, 0.15) is 48.6 Å². The van der Waals surface area contributed by atoms with Crippen molar-refractivity contribution in [3.05, 3.63) is 39.4 Å². The van der Waals surface area contributed by atoms with Crippen LogP contribution in [0.2, 0.25) is 0 Å². The fourth-order valence-corrected chi connectivity index (χ4v) is 3.16. The van der Waals surface area contributed by atoms with Crippen LogP contribution < -0.4 is 5.56 Å². The Morgan fingerprint density at radius 1 is 1.14 bits per heavy atom. The molecule has 21 heavy (non-hydrogen) atoms. The van der Waals surface area contributed by atoms with Crippen molar-refractivity contribution in [2.45, 2.75) is 45.4 Å². The largest absolute Gasteiger partial charge is 0.493 e. The van der Waals surface area contributed by atoms with Crippen molar-refractivity contribution in [2.24, 2.45) is 0 Å². The molecule has 0 aliphatic heterocycles. The lowest BCUT2D eigenvalue weighted by molar-refractivity contribution is 0.436. The second kappa shape index (κ2) is 5.31. The van der Waals surface area contributed by atoms with Crippen LogP contribution in [0.15, 0.2) is 16.9 Å². The summed E-state index contributed by atoms with van der Waals surface area (Å²) in [5, 5.41) is 10.2. The molecular formula is C16H19N3O2. The van der Waals surface area contributed by atoms with Gasteiger partial charge in [-0.25, -0.2) is 0 Å². The number of aromatic nitrogens is 3. The third-order valence-electron chi connectivity index (χ3n) is 4.05. The van der Waals surface area contributed by atoms with E-state index in [2.05, 4.69) is 15.0 Å². The van der Waals surface area contributed by atoms with Crippen molar-refractivity contribution in [2.75, 3.05) is 0 Å². The zero-order valence-corrected chi connectivity index (χ0v) is 12.3. The second-order valence-electron chi connectivity index (χ2n) is 5.77. The summed E-state index contributed by atoms with van der Waals surface area (Å²) in [5.74, 6) is 0.400. The van der Waals surface area contributed by atoms with E-state index in [1.165, 1.54) is 0 Å². The van der Waals surface area contributed by atoms with Gasteiger partial charge in [-0.05, 0) is 44.7 Å². The summed E-state index contributed by atoms with van der Waals surface area (Å²) in [6.45, 7) is 3.78. The molecule has 2 aromatic rings. The molecule has 0 bridgehead atoms. The smallest absolute Gasteiger partial charge is 0.258 e. The monoisotopic (exact) mass is 285 g/mol. The van der Waals surface area contributed by atoms with Crippen LogP contribution in [-0.4, -0.2) is 20.1 Å². The minimum atomic E-state index is -0.225. The number of nitrogens with zero attached hydrogens (tertiary/aromatic N) is 2. The van der Waals surface area contributed by atoms with E-state index >= 15 is 0 Å². The van der Waals surface area contributed by atoms with Crippen molar-refractivity contribution in [1.29, 1.82) is 0 Å². The molecule has 2 N–H and O–H groups in total. The number of H-pyrrole nitrogens is 1. The summed E-state index contributed by atoms with van der Waals surface area (Å²) < 4.78 is 0. The van der Waals surface area contributed by atoms with Crippen molar-refractivity contribution in [1.82, 2.24) is 15.0 Å². The van der Waals surface area contributed by atoms with Gasteiger partial charge >= 0.3 is 0 Å². The van der Waals surface area contributed by atoms with Gasteiger partial charge in [0, 0.05) is 17.0 Å². The first kappa shape index (κ1) is 13.8. The molecule has 0 radical (unpaired) electrons. The first-order valence-corrected chi connectivity index (χ1v) is 7.33. The predicted molar refractivity (Wildman–Crippen MR) is 80.4 cm³/mol. The molecule has 0 unspecified atom stereocenters. The Balaban J connectivity index is 2.07. The highest BCUT2D eigenvalue weighted by atomic mass is 16.3. The Hall–Kier alpha value is -2.17. The quantitative estimate of drug-likeness (QED) is 0.889. The van der Waals surface area contributed by atoms with E-state index in [0.717, 1.165) is 42.6 Å². The maximum Gasteiger partial charge on any atom is 0.258 e. The molecule has 0 amide bonds. The summed E-state index contributed by atoms with van der Waals surface area (Å²) in [6, 6.07) is 3.69. The fourth-order valence-electron chi connectivity index (χ4n) is 3.16. The van der Waals surface area contributed by atoms with E-state index in [9.17, 15) is 9.90 Å². The number of hydrogen-bond donors (Lipinski definition) is 2. The maximum absolute atomic E-state index is 12.3. The minimum Gasteiger partial charge on any atom is -0.493 e. The number of nitrogens with one attached hydrogen (secondary N) is 1. The number of aromatic amines is 1. The van der Waals surface area contributed by atoms with Gasteiger partial charge in [0.15, 0.2) is 0 Å². The molecule has 1 saturated carbocycles. The third kappa shape index (κ3) is 2.68. The molecule has 3 rings (SSSR count). The lowest BCUT2D eigenvalue weighted by atomic mass is 10.00. The van der Waals surface area contributed by atoms with Crippen molar-refractivity contribution in [3.63, 3.8) is 0 Å². The summed E-state index contributed by atoms with van der Waals surface area (Å²) >= 11 is 0. The van der Waals surface area contributed by atoms with Crippen molar-refractivity contribution in [3.8, 4) is 17.3 Å². The number of rotatable bonds is 2. The zero-order chi connectivity index (χ0) is 15.0. The molecule has 0 atom stereocenters. The van der Waals surface area contributed by atoms with Gasteiger partial charge in [-0.2, -0.15) is 4.98 Å². The fraction of sp³-hybridized carbons (Fsp3) is 0.438. The maximum atomic E-state index is 12.3. The lowest BCUT2D eigenvalue weighted by Gasteiger charge is -2.11. The number of aromatic hydroxyl groups is 1. The molecule has 1 aliphatic carbocycles. The highest BCUT2D eigenvalue weighted by Gasteiger charge is 2.24. The van der Waals surface area contributed by atoms with Crippen LogP contribution in [0, 0.1) is 13.8 Å². The third-order valence-corrected chi connectivity index (χ3v) is 4.05. The van der Waals surface area contributed by atoms with E-state index < -0.39 is 0 Å². The summed E-state index contributed by atoms with van der Waals surface area (Å²) in [7, 11) is 0. The highest BCUT2D eigenvalue weighted by Crippen LogP contribution is 2.35. The highest BCUT2D eigenvalue weighted by molar-refractivity contribution is 5.56. The topological polar surface area (TPSA) is 78.9 Å². The minimum absolute atomic E-state index is 0.132. The molecule has 5 heteroatoms. The zero-order valence-electron chi connectivity index (χ0n) is 12.3. The normalized spacial score (nSPS) is 15.5. The summed E-state index contributed by atoms with van der Waals surface area (Å²) in [6.07, 6.45) is 4.11. The van der Waals surface area contributed by atoms with E-state index in [1.54, 1.807) is 0 Å². The Labute approximate surface area is 123 Å². The van der Waals surface area contributed by atoms with Crippen LogP contribution in [0.5, 0.6) is 5.88 Å². The molecule has 5 nitrogen and oxygen atoms in total. The van der Waals surface area contributed by atoms with Crippen LogP contribution >= 0.6 is 0 Å². The Kier molecular flexibility index (Phi) is 3.49. The van der Waals surface area contributed by atoms with Gasteiger partial charge in [-0.1, -0.05) is 12.8 Å². The Bertz CT molecular complexity index is 711. The molecule has 1 aliphatic rings. The van der Waals surface area contributed by atoms with Crippen LogP contribution in [0.3, 0.4) is 0 Å². The van der Waals surface area contributed by atoms with Crippen molar-refractivity contribution >= 4 is 0 Å². The van der Waals surface area contributed by atoms with E-state index in [0.29, 0.717) is 11.4 Å². The van der Waals surface area contributed by atoms with Gasteiger partial charge in [0.25, 0.3) is 5.56 Å². The SMILES string of the molecule is Cc1cc(-c2nc(O)c(C3CCCC3)c(=O)[nH]2)cc(C)n1. The van der Waals surface area contributed by atoms with E-state index in [4.69, 9.17) is 0 Å². The van der Waals surface area contributed by atoms with Gasteiger partial charge in [-0.3, -0.25) is 9.78 Å². The Morgan fingerprint density at radius 3 is 2.33 bits per heavy atom. The lowest BCUT2D eigenvalue weighted by Crippen LogP contribution is -2.17. The average Bonchev–Trinajstić information content (AvgIpc) is 2.90. The molecular weight excluding hydrogens is 266 g/mol. The van der Waals surface area contributed by atoms with Gasteiger partial charge in [0.2, 0.25) is 5.88 Å². The first-order valence-electron chi connectivity index (χ1n) is 7.33. The van der Waals surface area contributed by atoms with Crippen LogP contribution in [0.25, 0.3) is 11.4 Å². The number of aryl methyl sites for hydroxylation is 2. The average molecular weight is 285 g/mol. The molecule has 0 saturated heterocycles. The summed E-state index contributed by atoms with van der Waals surface area (Å²) in [5.41, 5.74) is 2.69. The molecule has 0 spiro atoms. The van der Waals surface area contributed by atoms with Gasteiger partial charge in [0.1, 0.15) is 5.82 Å². The van der Waals surface area contributed by atoms with Gasteiger partial charge < -0.3 is 10.1 Å². The van der Waals surface area contributed by atoms with E-state index in [-0.39, 0.29) is 17.4 Å². The standard InChI is InChI=1S/C16H19N3O2/c1-9-7-12(8-10(2)17-9)14-18-15(20)13(16(21)19-14)11-5-3-4-6-11/h7-8,11H,3-6H2,1-2H3,(H2,18,19,20,21). The van der Waals surface area contributed by atoms with Gasteiger partial charge in [0.05, 0.1) is 5.56 Å². The van der Waals surface area contributed by atoms with Crippen LogP contribution in [0.4, 0.5) is 0 Å². The first-order chi connectivity index (χ1) is 10.0. The molecule has 2 heterocycles. The molecule has 0 aromatic carbocycles. The van der Waals surface area contributed by atoms with E-state index in [1.807, 2.05) is 26.0 Å². The number of hydrogen-bond acceptors (Lipinski definition) is 4. The molecule has 2 aromatic heterocycles. The second-order valence-corrected chi connectivity index (χ2v) is 5.77. The number of pyridine rings is 1. The van der Waals surface area contributed by atoms with Crippen molar-refractivity contribution < 1.29 is 5.11 Å². The van der Waals surface area contributed by atoms with Crippen LogP contribution in [-0.2, 0) is 0 Å². The molecule has 110 valence electrons. The van der Waals surface area contributed by atoms with Gasteiger partial charge in [-0.15, -0.1) is 0 Å².